The highest BCUT2D eigenvalue weighted by atomic mass is 16.6. The maximum absolute atomic E-state index is 12.2. The average Bonchev–Trinajstić information content (AvgIpc) is 2.90. The maximum Gasteiger partial charge on any atom is 0.319 e. The molecule has 2 N–H and O–H groups in total. The number of nitro benzene ring substituents is 1. The third kappa shape index (κ3) is 2.32. The summed E-state index contributed by atoms with van der Waals surface area (Å²) in [6.07, 6.45) is 0.437. The topological polar surface area (TPSA) is 105 Å². The Morgan fingerprint density at radius 2 is 2.35 bits per heavy atom. The normalized spacial score (nSPS) is 21.6. The first-order valence-corrected chi connectivity index (χ1v) is 6.30. The van der Waals surface area contributed by atoms with E-state index in [-0.39, 0.29) is 24.6 Å². The number of carbonyl (C=O) groups is 1. The third-order valence-electron chi connectivity index (χ3n) is 3.47. The van der Waals surface area contributed by atoms with Gasteiger partial charge in [-0.25, -0.2) is 0 Å². The van der Waals surface area contributed by atoms with Crippen LogP contribution in [0.4, 0.5) is 11.4 Å². The van der Waals surface area contributed by atoms with E-state index in [2.05, 4.69) is 0 Å². The van der Waals surface area contributed by atoms with Crippen LogP contribution in [0.1, 0.15) is 18.9 Å². The number of rotatable bonds is 4. The molecule has 1 aromatic carbocycles. The van der Waals surface area contributed by atoms with Crippen LogP contribution in [0.2, 0.25) is 0 Å². The van der Waals surface area contributed by atoms with E-state index in [1.54, 1.807) is 13.0 Å². The highest BCUT2D eigenvalue weighted by molar-refractivity contribution is 5.84. The molecule has 1 aliphatic heterocycles. The van der Waals surface area contributed by atoms with Crippen molar-refractivity contribution < 1.29 is 19.2 Å². The number of esters is 1. The van der Waals surface area contributed by atoms with Crippen molar-refractivity contribution in [2.24, 2.45) is 0 Å². The minimum Gasteiger partial charge on any atom is -0.465 e. The molecule has 7 heteroatoms. The van der Waals surface area contributed by atoms with Gasteiger partial charge in [0, 0.05) is 12.7 Å². The standard InChI is InChI=1S/C13H16N2O5/c1-2-20-12(16)13(5-6-19-8-13)9-3-4-10(14)11(7-9)15(17)18/h3-4,7H,2,5-6,8,14H2,1H3. The Bertz CT molecular complexity index is 538. The van der Waals surface area contributed by atoms with Gasteiger partial charge < -0.3 is 15.2 Å². The molecule has 2 rings (SSSR count). The zero-order valence-corrected chi connectivity index (χ0v) is 11.1. The van der Waals surface area contributed by atoms with Crippen molar-refractivity contribution >= 4 is 17.3 Å². The second-order valence-corrected chi connectivity index (χ2v) is 4.64. The molecular weight excluding hydrogens is 264 g/mol. The molecular formula is C13H16N2O5. The number of carbonyl (C=O) groups excluding carboxylic acids is 1. The van der Waals surface area contributed by atoms with Gasteiger partial charge in [-0.15, -0.1) is 0 Å². The first-order chi connectivity index (χ1) is 9.51. The zero-order valence-electron chi connectivity index (χ0n) is 11.1. The van der Waals surface area contributed by atoms with Gasteiger partial charge in [-0.3, -0.25) is 14.9 Å². The number of anilines is 1. The lowest BCUT2D eigenvalue weighted by Crippen LogP contribution is -2.38. The van der Waals surface area contributed by atoms with Crippen LogP contribution >= 0.6 is 0 Å². The van der Waals surface area contributed by atoms with E-state index in [4.69, 9.17) is 15.2 Å². The molecule has 7 nitrogen and oxygen atoms in total. The summed E-state index contributed by atoms with van der Waals surface area (Å²) >= 11 is 0. The van der Waals surface area contributed by atoms with Crippen molar-refractivity contribution in [2.75, 3.05) is 25.6 Å². The van der Waals surface area contributed by atoms with Crippen molar-refractivity contribution in [1.29, 1.82) is 0 Å². The van der Waals surface area contributed by atoms with Crippen molar-refractivity contribution in [3.05, 3.63) is 33.9 Å². The van der Waals surface area contributed by atoms with Gasteiger partial charge in [0.25, 0.3) is 5.69 Å². The summed E-state index contributed by atoms with van der Waals surface area (Å²) in [7, 11) is 0. The lowest BCUT2D eigenvalue weighted by Gasteiger charge is -2.25. The summed E-state index contributed by atoms with van der Waals surface area (Å²) in [5.74, 6) is -0.420. The summed E-state index contributed by atoms with van der Waals surface area (Å²) < 4.78 is 10.4. The number of nitro groups is 1. The van der Waals surface area contributed by atoms with Gasteiger partial charge in [0.2, 0.25) is 0 Å². The quantitative estimate of drug-likeness (QED) is 0.387. The predicted molar refractivity (Wildman–Crippen MR) is 71.3 cm³/mol. The van der Waals surface area contributed by atoms with E-state index in [0.717, 1.165) is 0 Å². The Kier molecular flexibility index (Phi) is 3.89. The van der Waals surface area contributed by atoms with Crippen LogP contribution in [0.15, 0.2) is 18.2 Å². The van der Waals surface area contributed by atoms with Crippen LogP contribution in [0, 0.1) is 10.1 Å². The minimum atomic E-state index is -0.978. The second-order valence-electron chi connectivity index (χ2n) is 4.64. The van der Waals surface area contributed by atoms with Crippen LogP contribution in [0.5, 0.6) is 0 Å². The fourth-order valence-electron chi connectivity index (χ4n) is 2.34. The Morgan fingerprint density at radius 3 is 2.90 bits per heavy atom. The monoisotopic (exact) mass is 280 g/mol. The molecule has 1 saturated heterocycles. The second kappa shape index (κ2) is 5.46. The summed E-state index contributed by atoms with van der Waals surface area (Å²) in [4.78, 5) is 22.6. The van der Waals surface area contributed by atoms with Crippen LogP contribution in [0.25, 0.3) is 0 Å². The molecule has 0 saturated carbocycles. The highest BCUT2D eigenvalue weighted by Crippen LogP contribution is 2.37. The number of nitrogen functional groups attached to an aromatic ring is 1. The van der Waals surface area contributed by atoms with E-state index < -0.39 is 16.3 Å². The first-order valence-electron chi connectivity index (χ1n) is 6.30. The van der Waals surface area contributed by atoms with Crippen molar-refractivity contribution in [3.63, 3.8) is 0 Å². The Morgan fingerprint density at radius 1 is 1.60 bits per heavy atom. The largest absolute Gasteiger partial charge is 0.465 e. The predicted octanol–water partition coefficient (Wildman–Crippen LogP) is 1.40. The highest BCUT2D eigenvalue weighted by Gasteiger charge is 2.46. The smallest absolute Gasteiger partial charge is 0.319 e. The molecule has 1 unspecified atom stereocenters. The molecule has 1 heterocycles. The van der Waals surface area contributed by atoms with Crippen molar-refractivity contribution in [3.8, 4) is 0 Å². The van der Waals surface area contributed by atoms with Gasteiger partial charge in [0.15, 0.2) is 0 Å². The lowest BCUT2D eigenvalue weighted by atomic mass is 9.79. The minimum absolute atomic E-state index is 0.0664. The molecule has 1 fully saturated rings. The van der Waals surface area contributed by atoms with Crippen molar-refractivity contribution in [1.82, 2.24) is 0 Å². The summed E-state index contributed by atoms with van der Waals surface area (Å²) in [6, 6.07) is 4.39. The molecule has 1 aromatic rings. The Labute approximate surface area is 115 Å². The third-order valence-corrected chi connectivity index (χ3v) is 3.47. The average molecular weight is 280 g/mol. The number of benzene rings is 1. The van der Waals surface area contributed by atoms with Crippen LogP contribution < -0.4 is 5.73 Å². The lowest BCUT2D eigenvalue weighted by molar-refractivity contribution is -0.384. The molecule has 1 aliphatic rings. The summed E-state index contributed by atoms with van der Waals surface area (Å²) in [6.45, 7) is 2.54. The fraction of sp³-hybridized carbons (Fsp3) is 0.462. The van der Waals surface area contributed by atoms with Crippen LogP contribution in [-0.2, 0) is 19.7 Å². The van der Waals surface area contributed by atoms with Gasteiger partial charge in [0.1, 0.15) is 11.1 Å². The van der Waals surface area contributed by atoms with Crippen LogP contribution in [-0.4, -0.2) is 30.7 Å². The van der Waals surface area contributed by atoms with E-state index in [1.807, 2.05) is 0 Å². The first kappa shape index (κ1) is 14.3. The molecule has 0 amide bonds. The fourth-order valence-corrected chi connectivity index (χ4v) is 2.34. The van der Waals surface area contributed by atoms with Crippen molar-refractivity contribution in [2.45, 2.75) is 18.8 Å². The maximum atomic E-state index is 12.2. The van der Waals surface area contributed by atoms with Gasteiger partial charge in [-0.1, -0.05) is 6.07 Å². The number of nitrogens with zero attached hydrogens (tertiary/aromatic N) is 1. The van der Waals surface area contributed by atoms with E-state index in [1.165, 1.54) is 12.1 Å². The Balaban J connectivity index is 2.47. The molecule has 0 aliphatic carbocycles. The van der Waals surface area contributed by atoms with E-state index >= 15 is 0 Å². The summed E-state index contributed by atoms with van der Waals surface area (Å²) in [5, 5.41) is 11.0. The Hall–Kier alpha value is -2.15. The zero-order chi connectivity index (χ0) is 14.8. The number of ether oxygens (including phenoxy) is 2. The van der Waals surface area contributed by atoms with E-state index in [0.29, 0.717) is 18.6 Å². The number of hydrogen-bond acceptors (Lipinski definition) is 6. The molecule has 0 spiro atoms. The van der Waals surface area contributed by atoms with Crippen LogP contribution in [0.3, 0.4) is 0 Å². The molecule has 0 radical (unpaired) electrons. The number of hydrogen-bond donors (Lipinski definition) is 1. The van der Waals surface area contributed by atoms with Gasteiger partial charge >= 0.3 is 5.97 Å². The molecule has 0 bridgehead atoms. The number of nitrogens with two attached hydrogens (primary N) is 1. The molecule has 108 valence electrons. The van der Waals surface area contributed by atoms with E-state index in [9.17, 15) is 14.9 Å². The molecule has 1 atom stereocenters. The summed E-state index contributed by atoms with van der Waals surface area (Å²) in [5.41, 5.74) is 4.97. The molecule has 0 aromatic heterocycles. The van der Waals surface area contributed by atoms with Gasteiger partial charge in [0.05, 0.1) is 18.1 Å². The van der Waals surface area contributed by atoms with Gasteiger partial charge in [-0.05, 0) is 25.0 Å². The molecule has 20 heavy (non-hydrogen) atoms. The SMILES string of the molecule is CCOC(=O)C1(c2ccc(N)c([N+](=O)[O-])c2)CCOC1. The van der Waals surface area contributed by atoms with Gasteiger partial charge in [-0.2, -0.15) is 0 Å².